The van der Waals surface area contributed by atoms with E-state index >= 15 is 0 Å². The predicted octanol–water partition coefficient (Wildman–Crippen LogP) is 2.95. The molecule has 2 N–H and O–H groups in total. The van der Waals surface area contributed by atoms with Crippen LogP contribution in [-0.2, 0) is 4.79 Å². The first-order valence-corrected chi connectivity index (χ1v) is 9.84. The van der Waals surface area contributed by atoms with E-state index in [0.717, 1.165) is 17.3 Å². The first-order valence-electron chi connectivity index (χ1n) is 8.47. The number of thioether (sulfide) groups is 1. The fourth-order valence-electron chi connectivity index (χ4n) is 2.54. The van der Waals surface area contributed by atoms with E-state index in [0.29, 0.717) is 27.9 Å². The van der Waals surface area contributed by atoms with Crippen LogP contribution in [0.3, 0.4) is 0 Å². The number of nitrogens with one attached hydrogen (secondary N) is 2. The molecule has 8 nitrogen and oxygen atoms in total. The van der Waals surface area contributed by atoms with Crippen LogP contribution in [-0.4, -0.2) is 31.2 Å². The molecule has 0 aliphatic rings. The molecule has 2 aromatic carbocycles. The van der Waals surface area contributed by atoms with E-state index in [1.165, 1.54) is 11.8 Å². The molecule has 1 heterocycles. The van der Waals surface area contributed by atoms with E-state index < -0.39 is 5.63 Å². The lowest BCUT2D eigenvalue weighted by molar-refractivity contribution is -0.704. The number of carbonyl (C=O) groups excluding carboxylic acids is 1. The zero-order valence-electron chi connectivity index (χ0n) is 15.9. The number of hydrogen-bond donors (Lipinski definition) is 2. The number of benzene rings is 2. The van der Waals surface area contributed by atoms with Gasteiger partial charge in [-0.25, -0.2) is 4.79 Å². The fourth-order valence-corrected chi connectivity index (χ4v) is 3.46. The highest BCUT2D eigenvalue weighted by Crippen LogP contribution is 2.31. The highest BCUT2D eigenvalue weighted by molar-refractivity contribution is 7.99. The van der Waals surface area contributed by atoms with Crippen molar-refractivity contribution in [3.8, 4) is 17.2 Å². The van der Waals surface area contributed by atoms with Crippen molar-refractivity contribution in [1.29, 1.82) is 0 Å². The van der Waals surface area contributed by atoms with Crippen LogP contribution < -0.4 is 25.1 Å². The summed E-state index contributed by atoms with van der Waals surface area (Å²) in [5.41, 5.74) is 1.40. The zero-order chi connectivity index (χ0) is 21.0. The second-order valence-electron chi connectivity index (χ2n) is 5.96. The number of anilines is 1. The number of halogens is 1. The maximum atomic E-state index is 12.4. The average Bonchev–Trinajstić information content (AvgIpc) is 3.09. The van der Waals surface area contributed by atoms with Crippen LogP contribution in [0.4, 0.5) is 5.69 Å². The smallest absolute Gasteiger partial charge is 0.442 e. The number of ether oxygens (including phenoxy) is 2. The lowest BCUT2D eigenvalue weighted by atomic mass is 10.2. The van der Waals surface area contributed by atoms with Gasteiger partial charge >= 0.3 is 10.7 Å². The minimum atomic E-state index is -0.571. The van der Waals surface area contributed by atoms with Gasteiger partial charge in [0.2, 0.25) is 11.6 Å². The zero-order valence-corrected chi connectivity index (χ0v) is 17.5. The third kappa shape index (κ3) is 4.75. The Hall–Kier alpha value is -2.91. The van der Waals surface area contributed by atoms with Gasteiger partial charge in [0.25, 0.3) is 0 Å². The summed E-state index contributed by atoms with van der Waals surface area (Å²) in [5, 5.41) is 6.09. The number of nitrogens with zero attached hydrogens (tertiary/aromatic N) is 1. The number of carbonyl (C=O) groups is 1. The van der Waals surface area contributed by atoms with Gasteiger partial charge in [0.1, 0.15) is 11.5 Å². The number of H-pyrrole nitrogens is 1. The van der Waals surface area contributed by atoms with Crippen molar-refractivity contribution in [2.45, 2.75) is 11.9 Å². The van der Waals surface area contributed by atoms with Crippen molar-refractivity contribution >= 4 is 35.0 Å². The molecule has 0 aliphatic heterocycles. The summed E-state index contributed by atoms with van der Waals surface area (Å²) < 4.78 is 16.7. The molecule has 0 saturated heterocycles. The summed E-state index contributed by atoms with van der Waals surface area (Å²) >= 11 is 7.13. The number of methoxy groups -OCH3 is 2. The highest BCUT2D eigenvalue weighted by atomic mass is 35.5. The van der Waals surface area contributed by atoms with Crippen LogP contribution in [0.5, 0.6) is 11.5 Å². The van der Waals surface area contributed by atoms with E-state index in [2.05, 4.69) is 10.6 Å². The van der Waals surface area contributed by atoms with Crippen LogP contribution in [0.1, 0.15) is 5.56 Å². The van der Waals surface area contributed by atoms with Crippen molar-refractivity contribution in [1.82, 2.24) is 5.27 Å². The van der Waals surface area contributed by atoms with E-state index in [-0.39, 0.29) is 16.7 Å². The normalized spacial score (nSPS) is 10.6. The molecule has 0 radical (unpaired) electrons. The largest absolute Gasteiger partial charge is 0.497 e. The Kier molecular flexibility index (Phi) is 6.50. The van der Waals surface area contributed by atoms with Crippen LogP contribution in [0.15, 0.2) is 50.7 Å². The first-order chi connectivity index (χ1) is 13.9. The molecule has 1 aromatic heterocycles. The number of amides is 1. The number of aromatic nitrogens is 2. The molecule has 0 fully saturated rings. The number of hydrogen-bond acceptors (Lipinski definition) is 6. The molecule has 0 saturated carbocycles. The fraction of sp³-hybridized carbons (Fsp3) is 0.211. The van der Waals surface area contributed by atoms with Crippen molar-refractivity contribution in [2.75, 3.05) is 25.3 Å². The van der Waals surface area contributed by atoms with Gasteiger partial charge in [0, 0.05) is 23.2 Å². The third-order valence-corrected chi connectivity index (χ3v) is 5.47. The van der Waals surface area contributed by atoms with Crippen molar-refractivity contribution in [2.24, 2.45) is 0 Å². The van der Waals surface area contributed by atoms with E-state index in [4.69, 9.17) is 25.6 Å². The molecule has 0 aliphatic carbocycles. The Labute approximate surface area is 175 Å². The first kappa shape index (κ1) is 20.8. The van der Waals surface area contributed by atoms with Crippen molar-refractivity contribution in [3.63, 3.8) is 0 Å². The SMILES string of the molecule is COc1ccc(-[n+]2[nH]oc(=O)c2SCC(=O)Nc2cc(C)c(Cl)cc2OC)cc1. The maximum absolute atomic E-state index is 12.4. The molecule has 0 unspecified atom stereocenters. The van der Waals surface area contributed by atoms with Gasteiger partial charge in [-0.1, -0.05) is 11.6 Å². The number of aromatic amines is 1. The Bertz CT molecular complexity index is 1080. The summed E-state index contributed by atoms with van der Waals surface area (Å²) in [6.07, 6.45) is 0. The molecule has 10 heteroatoms. The van der Waals surface area contributed by atoms with Gasteiger partial charge in [0.15, 0.2) is 0 Å². The topological polar surface area (TPSA) is 97.4 Å². The Morgan fingerprint density at radius 2 is 1.97 bits per heavy atom. The van der Waals surface area contributed by atoms with E-state index in [1.54, 1.807) is 43.5 Å². The molecule has 3 rings (SSSR count). The van der Waals surface area contributed by atoms with Crippen molar-refractivity contribution in [3.05, 3.63) is 57.4 Å². The van der Waals surface area contributed by atoms with Gasteiger partial charge in [-0.05, 0) is 52.4 Å². The van der Waals surface area contributed by atoms with Gasteiger partial charge in [-0.2, -0.15) is 0 Å². The van der Waals surface area contributed by atoms with E-state index in [1.807, 2.05) is 6.92 Å². The average molecular weight is 437 g/mol. The Morgan fingerprint density at radius 3 is 2.62 bits per heavy atom. The third-order valence-electron chi connectivity index (χ3n) is 4.03. The van der Waals surface area contributed by atoms with Crippen molar-refractivity contribution < 1.29 is 23.5 Å². The van der Waals surface area contributed by atoms with Crippen LogP contribution in [0, 0.1) is 6.92 Å². The summed E-state index contributed by atoms with van der Waals surface area (Å²) in [5.74, 6) is 0.815. The molecule has 3 aromatic rings. The number of rotatable bonds is 7. The standard InChI is InChI=1S/C19H18ClN3O5S/c1-11-8-15(16(27-3)9-14(11)20)21-17(24)10-29-18-19(25)28-22-23(18)12-4-6-13(26-2)7-5-12/h4-9H,10H2,1-3H3,(H-,21,22,24,25)/p+1. The highest BCUT2D eigenvalue weighted by Gasteiger charge is 2.25. The molecule has 152 valence electrons. The molecule has 29 heavy (non-hydrogen) atoms. The quantitative estimate of drug-likeness (QED) is 0.436. The van der Waals surface area contributed by atoms with Gasteiger partial charge < -0.3 is 14.8 Å². The summed E-state index contributed by atoms with van der Waals surface area (Å²) in [6.45, 7) is 1.83. The lowest BCUT2D eigenvalue weighted by Crippen LogP contribution is -2.36. The second-order valence-corrected chi connectivity index (χ2v) is 7.33. The molecular formula is C19H19ClN3O5S+. The minimum Gasteiger partial charge on any atom is -0.497 e. The minimum absolute atomic E-state index is 0.0103. The maximum Gasteiger partial charge on any atom is 0.442 e. The van der Waals surface area contributed by atoms with Gasteiger partial charge in [0.05, 0.1) is 25.7 Å². The molecular weight excluding hydrogens is 418 g/mol. The summed E-state index contributed by atoms with van der Waals surface area (Å²) in [7, 11) is 3.06. The molecule has 0 atom stereocenters. The van der Waals surface area contributed by atoms with Crippen LogP contribution in [0.25, 0.3) is 5.69 Å². The van der Waals surface area contributed by atoms with Gasteiger partial charge in [-0.15, -0.1) is 0 Å². The second kappa shape index (κ2) is 9.06. The summed E-state index contributed by atoms with van der Waals surface area (Å²) in [4.78, 5) is 24.5. The lowest BCUT2D eigenvalue weighted by Gasteiger charge is -2.11. The van der Waals surface area contributed by atoms with Gasteiger partial charge in [-0.3, -0.25) is 9.32 Å². The Balaban J connectivity index is 1.74. The van der Waals surface area contributed by atoms with E-state index in [9.17, 15) is 9.59 Å². The molecule has 0 bridgehead atoms. The molecule has 1 amide bonds. The predicted molar refractivity (Wildman–Crippen MR) is 110 cm³/mol. The molecule has 0 spiro atoms. The summed E-state index contributed by atoms with van der Waals surface area (Å²) in [6, 6.07) is 10.4. The number of aryl methyl sites for hydroxylation is 1. The monoisotopic (exact) mass is 436 g/mol. The van der Waals surface area contributed by atoms with Crippen LogP contribution in [0.2, 0.25) is 5.02 Å². The van der Waals surface area contributed by atoms with Crippen LogP contribution >= 0.6 is 23.4 Å². The Morgan fingerprint density at radius 1 is 1.24 bits per heavy atom.